The molecule has 0 aliphatic rings. The predicted octanol–water partition coefficient (Wildman–Crippen LogP) is 3.90. The van der Waals surface area contributed by atoms with Gasteiger partial charge in [-0.3, -0.25) is 24.0 Å². The van der Waals surface area contributed by atoms with Crippen molar-refractivity contribution >= 4 is 35.6 Å². The van der Waals surface area contributed by atoms with Gasteiger partial charge in [-0.25, -0.2) is 4.79 Å². The van der Waals surface area contributed by atoms with Gasteiger partial charge >= 0.3 is 11.9 Å². The van der Waals surface area contributed by atoms with Crippen LogP contribution in [-0.4, -0.2) is 124 Å². The first-order chi connectivity index (χ1) is 26.9. The van der Waals surface area contributed by atoms with Gasteiger partial charge in [-0.15, -0.1) is 0 Å². The van der Waals surface area contributed by atoms with Crippen molar-refractivity contribution in [3.05, 3.63) is 12.2 Å². The summed E-state index contributed by atoms with van der Waals surface area (Å²) in [4.78, 5) is 70.2. The lowest BCUT2D eigenvalue weighted by molar-refractivity contribution is -0.142. The number of carboxylic acid groups (broad SMARTS) is 2. The zero-order valence-electron chi connectivity index (χ0n) is 34.1. The van der Waals surface area contributed by atoms with Crippen LogP contribution in [0.3, 0.4) is 0 Å². The average molecular weight is 801 g/mol. The molecule has 0 aromatic rings. The molecule has 0 bridgehead atoms. The Morgan fingerprint density at radius 2 is 0.982 bits per heavy atom. The van der Waals surface area contributed by atoms with Gasteiger partial charge in [0, 0.05) is 38.9 Å². The summed E-state index contributed by atoms with van der Waals surface area (Å²) in [6, 6.07) is -1.14. The Balaban J connectivity index is 3.66. The molecule has 0 rings (SSSR count). The second-order valence-corrected chi connectivity index (χ2v) is 14.0. The summed E-state index contributed by atoms with van der Waals surface area (Å²) in [7, 11) is 0. The van der Waals surface area contributed by atoms with Crippen LogP contribution in [0, 0.1) is 5.92 Å². The summed E-state index contributed by atoms with van der Waals surface area (Å²) in [5.41, 5.74) is 1.18. The van der Waals surface area contributed by atoms with Crippen molar-refractivity contribution in [2.75, 3.05) is 72.5 Å². The number of carbonyl (C=O) groups excluding carboxylic acids is 4. The van der Waals surface area contributed by atoms with Gasteiger partial charge in [-0.2, -0.15) is 0 Å². The third-order valence-electron chi connectivity index (χ3n) is 8.91. The smallest absolute Gasteiger partial charge is 0.326 e. The Kier molecular flexibility index (Phi) is 34.6. The van der Waals surface area contributed by atoms with Crippen LogP contribution in [0.15, 0.2) is 12.2 Å². The number of rotatable bonds is 40. The van der Waals surface area contributed by atoms with Crippen molar-refractivity contribution in [1.29, 1.82) is 0 Å². The summed E-state index contributed by atoms with van der Waals surface area (Å²) >= 11 is 0. The summed E-state index contributed by atoms with van der Waals surface area (Å²) in [6.07, 6.45) is 13.0. The highest BCUT2D eigenvalue weighted by atomic mass is 16.5. The topological polar surface area (TPSA) is 228 Å². The zero-order chi connectivity index (χ0) is 41.7. The fourth-order valence-electron chi connectivity index (χ4n) is 5.31. The van der Waals surface area contributed by atoms with Crippen LogP contribution in [0.2, 0.25) is 0 Å². The molecule has 0 aromatic heterocycles. The highest BCUT2D eigenvalue weighted by molar-refractivity contribution is 5.84. The van der Waals surface area contributed by atoms with Gasteiger partial charge in [0.25, 0.3) is 0 Å². The molecule has 0 aliphatic carbocycles. The quantitative estimate of drug-likeness (QED) is 0.0383. The zero-order valence-corrected chi connectivity index (χ0v) is 34.1. The number of hydrogen-bond acceptors (Lipinski definition) is 10. The minimum atomic E-state index is -1.19. The molecule has 16 nitrogen and oxygen atoms in total. The molecular formula is C40H72N4O12. The lowest BCUT2D eigenvalue weighted by Gasteiger charge is -2.14. The number of allylic oxidation sites excluding steroid dienone is 1. The fourth-order valence-corrected chi connectivity index (χ4v) is 5.31. The molecule has 4 amide bonds. The second-order valence-electron chi connectivity index (χ2n) is 14.0. The molecule has 0 spiro atoms. The normalized spacial score (nSPS) is 12.0. The van der Waals surface area contributed by atoms with E-state index in [9.17, 15) is 33.9 Å². The van der Waals surface area contributed by atoms with Gasteiger partial charge in [-0.05, 0) is 44.9 Å². The maximum Gasteiger partial charge on any atom is 0.326 e. The Bertz CT molecular complexity index is 1110. The molecule has 56 heavy (non-hydrogen) atoms. The molecule has 0 aliphatic heterocycles. The van der Waals surface area contributed by atoms with E-state index in [1.54, 1.807) is 0 Å². The molecule has 0 heterocycles. The minimum absolute atomic E-state index is 0.0264. The highest BCUT2D eigenvalue weighted by Crippen LogP contribution is 2.15. The summed E-state index contributed by atoms with van der Waals surface area (Å²) in [5, 5.41) is 28.8. The van der Waals surface area contributed by atoms with Crippen LogP contribution in [0.4, 0.5) is 0 Å². The van der Waals surface area contributed by atoms with E-state index < -0.39 is 18.0 Å². The third kappa shape index (κ3) is 36.1. The third-order valence-corrected chi connectivity index (χ3v) is 8.91. The number of aliphatic carboxylic acids is 2. The number of nitrogens with one attached hydrogen (secondary N) is 4. The van der Waals surface area contributed by atoms with Crippen molar-refractivity contribution in [3.8, 4) is 0 Å². The monoisotopic (exact) mass is 801 g/mol. The Morgan fingerprint density at radius 1 is 0.518 bits per heavy atom. The maximum atomic E-state index is 12.3. The molecule has 16 heteroatoms. The molecular weight excluding hydrogens is 728 g/mol. The number of carbonyl (C=O) groups is 6. The lowest BCUT2D eigenvalue weighted by Crippen LogP contribution is -2.41. The van der Waals surface area contributed by atoms with E-state index in [2.05, 4.69) is 34.8 Å². The largest absolute Gasteiger partial charge is 0.481 e. The molecule has 2 atom stereocenters. The van der Waals surface area contributed by atoms with Gasteiger partial charge in [-0.1, -0.05) is 76.9 Å². The van der Waals surface area contributed by atoms with E-state index in [0.717, 1.165) is 77.0 Å². The van der Waals surface area contributed by atoms with Gasteiger partial charge in [0.2, 0.25) is 23.6 Å². The summed E-state index contributed by atoms with van der Waals surface area (Å²) in [6.45, 7) is 10.5. The van der Waals surface area contributed by atoms with Gasteiger partial charge in [0.1, 0.15) is 19.3 Å². The van der Waals surface area contributed by atoms with Crippen LogP contribution in [0.25, 0.3) is 0 Å². The van der Waals surface area contributed by atoms with Crippen molar-refractivity contribution in [1.82, 2.24) is 21.3 Å². The maximum absolute atomic E-state index is 12.3. The second kappa shape index (κ2) is 37.0. The van der Waals surface area contributed by atoms with Crippen LogP contribution in [-0.2, 0) is 47.7 Å². The van der Waals surface area contributed by atoms with E-state index in [1.807, 2.05) is 6.92 Å². The summed E-state index contributed by atoms with van der Waals surface area (Å²) in [5.74, 6) is -2.60. The number of unbranched alkanes of at least 4 members (excludes halogenated alkanes) is 10. The van der Waals surface area contributed by atoms with Crippen molar-refractivity contribution in [2.24, 2.45) is 5.92 Å². The molecule has 0 unspecified atom stereocenters. The van der Waals surface area contributed by atoms with Gasteiger partial charge in [0.05, 0.1) is 39.6 Å². The first kappa shape index (κ1) is 52.4. The Hall–Kier alpha value is -3.60. The first-order valence-corrected chi connectivity index (χ1v) is 20.4. The first-order valence-electron chi connectivity index (χ1n) is 20.4. The fraction of sp³-hybridized carbons (Fsp3) is 0.800. The lowest BCUT2D eigenvalue weighted by atomic mass is 9.98. The standard InChI is InChI=1S/C40H72N4O12/c1-32(2)33(3)16-14-15-21-41-37(47)30-55-28-27-54-25-23-43-38(48)31-56-29-26-53-24-22-42-35(45)20-19-34(40(51)52)44-36(46)17-12-10-8-6-4-5-7-9-11-13-18-39(49)50/h33-34H,1,4-31H2,2-3H3,(H,41,47)(H,42,45)(H,43,48)(H,44,46)(H,49,50)(H,51,52)/t33-,34-/m0/s1. The molecule has 0 fully saturated rings. The molecule has 324 valence electrons. The highest BCUT2D eigenvalue weighted by Gasteiger charge is 2.20. The van der Waals surface area contributed by atoms with Gasteiger partial charge in [0.15, 0.2) is 0 Å². The number of carboxylic acids is 2. The number of ether oxygens (including phenoxy) is 4. The van der Waals surface area contributed by atoms with Crippen molar-refractivity contribution < 1.29 is 57.9 Å². The molecule has 6 N–H and O–H groups in total. The van der Waals surface area contributed by atoms with Crippen LogP contribution >= 0.6 is 0 Å². The Morgan fingerprint density at radius 3 is 1.48 bits per heavy atom. The van der Waals surface area contributed by atoms with E-state index in [0.29, 0.717) is 32.0 Å². The van der Waals surface area contributed by atoms with Crippen LogP contribution in [0.1, 0.15) is 123 Å². The van der Waals surface area contributed by atoms with Crippen molar-refractivity contribution in [2.45, 2.75) is 129 Å². The van der Waals surface area contributed by atoms with Crippen LogP contribution in [0.5, 0.6) is 0 Å². The minimum Gasteiger partial charge on any atom is -0.481 e. The van der Waals surface area contributed by atoms with E-state index >= 15 is 0 Å². The predicted molar refractivity (Wildman–Crippen MR) is 212 cm³/mol. The molecule has 0 saturated carbocycles. The van der Waals surface area contributed by atoms with Crippen LogP contribution < -0.4 is 21.3 Å². The number of amides is 4. The molecule has 0 radical (unpaired) electrons. The number of hydrogen-bond donors (Lipinski definition) is 6. The molecule has 0 aromatic carbocycles. The molecule has 0 saturated heterocycles. The average Bonchev–Trinajstić information content (AvgIpc) is 3.15. The Labute approximate surface area is 333 Å². The SMILES string of the molecule is C=C(C)[C@@H](C)CCCCNC(=O)COCCOCCNC(=O)COCCOCCNC(=O)CC[C@H](NC(=O)CCCCCCCCCCCCC(=O)O)C(=O)O. The van der Waals surface area contributed by atoms with E-state index in [4.69, 9.17) is 24.1 Å². The van der Waals surface area contributed by atoms with E-state index in [1.165, 1.54) is 5.57 Å². The van der Waals surface area contributed by atoms with Gasteiger partial charge < -0.3 is 50.4 Å². The van der Waals surface area contributed by atoms with Crippen molar-refractivity contribution in [3.63, 3.8) is 0 Å². The summed E-state index contributed by atoms with van der Waals surface area (Å²) < 4.78 is 21.4. The van der Waals surface area contributed by atoms with E-state index in [-0.39, 0.29) is 102 Å².